The number of nitrogens with zero attached hydrogens (tertiary/aromatic N) is 1. The molecule has 3 aromatic carbocycles. The third-order valence-corrected chi connectivity index (χ3v) is 6.19. The fourth-order valence-corrected chi connectivity index (χ4v) is 4.31. The summed E-state index contributed by atoms with van der Waals surface area (Å²) in [5.74, 6) is 3.90. The summed E-state index contributed by atoms with van der Waals surface area (Å²) in [5.41, 5.74) is 1.13. The van der Waals surface area contributed by atoms with Gasteiger partial charge in [-0.05, 0) is 80.6 Å². The summed E-state index contributed by atoms with van der Waals surface area (Å²) < 4.78 is 11.3. The van der Waals surface area contributed by atoms with Crippen molar-refractivity contribution in [3.05, 3.63) is 84.4 Å². The summed E-state index contributed by atoms with van der Waals surface area (Å²) in [6.07, 6.45) is 2.64. The number of phenols is 2. The second-order valence-corrected chi connectivity index (χ2v) is 9.49. The van der Waals surface area contributed by atoms with E-state index < -0.39 is 0 Å². The van der Waals surface area contributed by atoms with E-state index in [1.807, 2.05) is 42.5 Å². The summed E-state index contributed by atoms with van der Waals surface area (Å²) in [6.45, 7) is 10.9. The van der Waals surface area contributed by atoms with Crippen LogP contribution < -0.4 is 9.47 Å². The predicted octanol–water partition coefficient (Wildman–Crippen LogP) is 6.47. The highest BCUT2D eigenvalue weighted by Crippen LogP contribution is 2.35. The highest BCUT2D eigenvalue weighted by atomic mass is 16.5. The minimum absolute atomic E-state index is 0.271. The fourth-order valence-electron chi connectivity index (χ4n) is 4.31. The van der Waals surface area contributed by atoms with Gasteiger partial charge in [-0.3, -0.25) is 4.90 Å². The van der Waals surface area contributed by atoms with E-state index in [9.17, 15) is 5.11 Å². The maximum Gasteiger partial charge on any atom is 0.123 e. The molecule has 0 aromatic heterocycles. The van der Waals surface area contributed by atoms with Crippen molar-refractivity contribution in [3.63, 3.8) is 0 Å². The van der Waals surface area contributed by atoms with Crippen molar-refractivity contribution < 1.29 is 19.7 Å². The van der Waals surface area contributed by atoms with Crippen LogP contribution in [-0.2, 0) is 0 Å². The summed E-state index contributed by atoms with van der Waals surface area (Å²) >= 11 is 0. The molecule has 2 aliphatic heterocycles. The average molecular weight is 478 g/mol. The van der Waals surface area contributed by atoms with E-state index in [-0.39, 0.29) is 6.10 Å². The number of likely N-dealkylation sites (tertiary alicyclic amines) is 1. The number of ether oxygens (including phenoxy) is 2. The van der Waals surface area contributed by atoms with Crippen LogP contribution in [0.4, 0.5) is 0 Å². The Hall–Kier alpha value is -3.18. The van der Waals surface area contributed by atoms with E-state index in [4.69, 9.17) is 14.6 Å². The first-order chi connectivity index (χ1) is 16.9. The van der Waals surface area contributed by atoms with E-state index >= 15 is 0 Å². The van der Waals surface area contributed by atoms with Crippen LogP contribution in [0.25, 0.3) is 0 Å². The van der Waals surface area contributed by atoms with Crippen molar-refractivity contribution in [2.24, 2.45) is 5.92 Å². The van der Waals surface area contributed by atoms with E-state index in [0.29, 0.717) is 17.4 Å². The largest absolute Gasteiger partial charge is 0.508 e. The lowest BCUT2D eigenvalue weighted by Gasteiger charge is -2.22. The van der Waals surface area contributed by atoms with Crippen LogP contribution in [0.2, 0.25) is 0 Å². The van der Waals surface area contributed by atoms with Crippen molar-refractivity contribution in [3.8, 4) is 23.0 Å². The van der Waals surface area contributed by atoms with Crippen LogP contribution in [-0.4, -0.2) is 47.5 Å². The molecule has 0 bridgehead atoms. The quantitative estimate of drug-likeness (QED) is 0.451. The Morgan fingerprint density at radius 1 is 0.914 bits per heavy atom. The van der Waals surface area contributed by atoms with Crippen LogP contribution in [0.5, 0.6) is 23.0 Å². The molecule has 0 spiro atoms. The number of rotatable bonds is 4. The zero-order valence-electron chi connectivity index (χ0n) is 21.1. The standard InChI is InChI=1S/C14H21NO.C10H12O2.C6H6O/c1-12-8-9-15(10-12)11-13(2)16-14-6-4-3-5-7-14;1-7-4-5-12-10-3-2-8(11)6-9(7)10;7-6-4-2-1-3-5-6/h3-7,12-13H,8-11H2,1-2H3;2-3,6-7,11H,4-5H2,1H3;1-5,7H/t12-,13-;7-;/m10./s1. The molecule has 0 aliphatic carbocycles. The van der Waals surface area contributed by atoms with Gasteiger partial charge < -0.3 is 19.7 Å². The first-order valence-corrected chi connectivity index (χ1v) is 12.5. The van der Waals surface area contributed by atoms with Gasteiger partial charge >= 0.3 is 0 Å². The molecular weight excluding hydrogens is 438 g/mol. The molecule has 2 N–H and O–H groups in total. The Morgan fingerprint density at radius 2 is 1.60 bits per heavy atom. The normalized spacial score (nSPS) is 19.6. The molecule has 35 heavy (non-hydrogen) atoms. The minimum atomic E-state index is 0.271. The van der Waals surface area contributed by atoms with Gasteiger partial charge in [0.1, 0.15) is 29.1 Å². The van der Waals surface area contributed by atoms with E-state index in [0.717, 1.165) is 42.6 Å². The average Bonchev–Trinajstić information content (AvgIpc) is 3.26. The zero-order valence-corrected chi connectivity index (χ0v) is 21.1. The number of hydrogen-bond acceptors (Lipinski definition) is 5. The van der Waals surface area contributed by atoms with Crippen LogP contribution in [0, 0.1) is 5.92 Å². The van der Waals surface area contributed by atoms with Crippen molar-refractivity contribution in [2.45, 2.75) is 45.6 Å². The molecule has 0 amide bonds. The molecule has 1 fully saturated rings. The second kappa shape index (κ2) is 13.6. The van der Waals surface area contributed by atoms with Gasteiger partial charge in [-0.15, -0.1) is 0 Å². The summed E-state index contributed by atoms with van der Waals surface area (Å²) in [4.78, 5) is 2.50. The molecule has 3 atom stereocenters. The molecule has 188 valence electrons. The molecule has 0 unspecified atom stereocenters. The van der Waals surface area contributed by atoms with Crippen LogP contribution >= 0.6 is 0 Å². The Bertz CT molecular complexity index is 996. The zero-order chi connectivity index (χ0) is 25.0. The summed E-state index contributed by atoms with van der Waals surface area (Å²) in [5, 5.41) is 17.9. The molecule has 0 radical (unpaired) electrons. The summed E-state index contributed by atoms with van der Waals surface area (Å²) in [6, 6.07) is 24.1. The number of aromatic hydroxyl groups is 2. The molecule has 5 heteroatoms. The number of hydrogen-bond donors (Lipinski definition) is 2. The van der Waals surface area contributed by atoms with E-state index in [2.05, 4.69) is 25.7 Å². The van der Waals surface area contributed by atoms with Gasteiger partial charge in [0, 0.05) is 18.7 Å². The molecule has 5 rings (SSSR count). The highest BCUT2D eigenvalue weighted by Gasteiger charge is 2.20. The minimum Gasteiger partial charge on any atom is -0.508 e. The number of para-hydroxylation sites is 2. The lowest BCUT2D eigenvalue weighted by molar-refractivity contribution is 0.160. The number of benzene rings is 3. The maximum absolute atomic E-state index is 9.25. The Kier molecular flexibility index (Phi) is 10.3. The van der Waals surface area contributed by atoms with Gasteiger partial charge in [-0.1, -0.05) is 50.2 Å². The van der Waals surface area contributed by atoms with Crippen molar-refractivity contribution in [2.75, 3.05) is 26.2 Å². The molecule has 2 aliphatic rings. The highest BCUT2D eigenvalue weighted by molar-refractivity contribution is 5.42. The Balaban J connectivity index is 0.000000158. The predicted molar refractivity (Wildman–Crippen MR) is 141 cm³/mol. The van der Waals surface area contributed by atoms with Crippen LogP contribution in [0.1, 0.15) is 45.1 Å². The first kappa shape index (κ1) is 26.4. The molecule has 1 saturated heterocycles. The van der Waals surface area contributed by atoms with Gasteiger partial charge in [0.2, 0.25) is 0 Å². The lowest BCUT2D eigenvalue weighted by Crippen LogP contribution is -2.32. The number of fused-ring (bicyclic) bond motifs is 1. The first-order valence-electron chi connectivity index (χ1n) is 12.5. The third-order valence-electron chi connectivity index (χ3n) is 6.19. The smallest absolute Gasteiger partial charge is 0.123 e. The molecule has 3 aromatic rings. The van der Waals surface area contributed by atoms with Gasteiger partial charge in [0.25, 0.3) is 0 Å². The topological polar surface area (TPSA) is 62.2 Å². The van der Waals surface area contributed by atoms with Gasteiger partial charge in [0.05, 0.1) is 6.61 Å². The van der Waals surface area contributed by atoms with Crippen molar-refractivity contribution >= 4 is 0 Å². The van der Waals surface area contributed by atoms with Crippen molar-refractivity contribution in [1.82, 2.24) is 4.90 Å². The molecular formula is C30H39NO4. The molecule has 2 heterocycles. The van der Waals surface area contributed by atoms with Gasteiger partial charge in [0.15, 0.2) is 0 Å². The Labute approximate surface area is 210 Å². The van der Waals surface area contributed by atoms with Crippen LogP contribution in [0.3, 0.4) is 0 Å². The monoisotopic (exact) mass is 477 g/mol. The van der Waals surface area contributed by atoms with E-state index in [1.54, 1.807) is 36.4 Å². The fraction of sp³-hybridized carbons (Fsp3) is 0.400. The summed E-state index contributed by atoms with van der Waals surface area (Å²) in [7, 11) is 0. The maximum atomic E-state index is 9.25. The number of phenolic OH excluding ortho intramolecular Hbond substituents is 2. The molecule has 5 nitrogen and oxygen atoms in total. The third kappa shape index (κ3) is 9.18. The Morgan fingerprint density at radius 3 is 2.20 bits per heavy atom. The van der Waals surface area contributed by atoms with Crippen molar-refractivity contribution in [1.29, 1.82) is 0 Å². The molecule has 0 saturated carbocycles. The second-order valence-electron chi connectivity index (χ2n) is 9.49. The van der Waals surface area contributed by atoms with E-state index in [1.165, 1.54) is 19.5 Å². The SMILES string of the molecule is C[C@@H]1CCN(C[C@@H](C)Oc2ccccc2)C1.C[C@H]1CCOc2ccc(O)cc21.Oc1ccccc1. The van der Waals surface area contributed by atoms with Crippen LogP contribution in [0.15, 0.2) is 78.9 Å². The lowest BCUT2D eigenvalue weighted by atomic mass is 9.95. The van der Waals surface area contributed by atoms with Gasteiger partial charge in [-0.25, -0.2) is 0 Å². The van der Waals surface area contributed by atoms with Gasteiger partial charge in [-0.2, -0.15) is 0 Å².